The Bertz CT molecular complexity index is 913. The number of halogens is 2. The predicted octanol–water partition coefficient (Wildman–Crippen LogP) is 4.09. The summed E-state index contributed by atoms with van der Waals surface area (Å²) < 4.78 is 0. The Balaban J connectivity index is 1.47. The summed E-state index contributed by atoms with van der Waals surface area (Å²) in [5.41, 5.74) is 1.85. The minimum absolute atomic E-state index is 0.0458. The first-order valence-electron chi connectivity index (χ1n) is 8.54. The van der Waals surface area contributed by atoms with Crippen LogP contribution in [0.1, 0.15) is 18.4 Å². The monoisotopic (exact) mass is 403 g/mol. The van der Waals surface area contributed by atoms with Gasteiger partial charge in [0, 0.05) is 25.6 Å². The van der Waals surface area contributed by atoms with E-state index in [9.17, 15) is 4.79 Å². The standard InChI is InChI=1S/C19H19Cl2N5O/c1-25(13-14-9-10-16(20)17(21)12-14)18(27)8-5-11-26-23-19(22-24-26)15-6-3-2-4-7-15/h2-4,6-7,9-10,12H,5,8,11,13H2,1H3. The van der Waals surface area contributed by atoms with Crippen LogP contribution < -0.4 is 0 Å². The fraction of sp³-hybridized carbons (Fsp3) is 0.263. The largest absolute Gasteiger partial charge is 0.341 e. The molecule has 0 aliphatic carbocycles. The van der Waals surface area contributed by atoms with Crippen molar-refractivity contribution in [3.05, 3.63) is 64.1 Å². The SMILES string of the molecule is CN(Cc1ccc(Cl)c(Cl)c1)C(=O)CCCn1nnc(-c2ccccc2)n1. The van der Waals surface area contributed by atoms with Crippen molar-refractivity contribution in [3.63, 3.8) is 0 Å². The van der Waals surface area contributed by atoms with E-state index in [0.717, 1.165) is 11.1 Å². The van der Waals surface area contributed by atoms with Crippen molar-refractivity contribution in [2.45, 2.75) is 25.9 Å². The van der Waals surface area contributed by atoms with Gasteiger partial charge in [-0.25, -0.2) is 0 Å². The quantitative estimate of drug-likeness (QED) is 0.595. The van der Waals surface area contributed by atoms with Crippen LogP contribution in [0.25, 0.3) is 11.4 Å². The number of aromatic nitrogens is 4. The van der Waals surface area contributed by atoms with Gasteiger partial charge >= 0.3 is 0 Å². The van der Waals surface area contributed by atoms with Gasteiger partial charge in [0.1, 0.15) is 0 Å². The average Bonchev–Trinajstić information content (AvgIpc) is 3.14. The second kappa shape index (κ2) is 8.97. The van der Waals surface area contributed by atoms with E-state index in [2.05, 4.69) is 15.4 Å². The van der Waals surface area contributed by atoms with Crippen LogP contribution in [0, 0.1) is 0 Å². The number of tetrazole rings is 1. The van der Waals surface area contributed by atoms with E-state index in [0.29, 0.717) is 41.8 Å². The molecule has 3 aromatic rings. The molecule has 0 fully saturated rings. The van der Waals surface area contributed by atoms with E-state index in [1.54, 1.807) is 24.1 Å². The summed E-state index contributed by atoms with van der Waals surface area (Å²) >= 11 is 11.9. The van der Waals surface area contributed by atoms with Gasteiger partial charge in [-0.1, -0.05) is 59.6 Å². The first kappa shape index (κ1) is 19.3. The molecule has 0 saturated carbocycles. The zero-order valence-electron chi connectivity index (χ0n) is 14.8. The van der Waals surface area contributed by atoms with E-state index in [-0.39, 0.29) is 5.91 Å². The van der Waals surface area contributed by atoms with Crippen LogP contribution in [-0.2, 0) is 17.9 Å². The number of carbonyl (C=O) groups is 1. The highest BCUT2D eigenvalue weighted by Crippen LogP contribution is 2.23. The maximum absolute atomic E-state index is 12.3. The van der Waals surface area contributed by atoms with E-state index in [4.69, 9.17) is 23.2 Å². The summed E-state index contributed by atoms with van der Waals surface area (Å²) in [4.78, 5) is 15.5. The summed E-state index contributed by atoms with van der Waals surface area (Å²) in [5, 5.41) is 13.4. The molecule has 1 amide bonds. The Hall–Kier alpha value is -2.44. The van der Waals surface area contributed by atoms with Crippen molar-refractivity contribution >= 4 is 29.1 Å². The van der Waals surface area contributed by atoms with Gasteiger partial charge in [-0.15, -0.1) is 10.2 Å². The zero-order valence-corrected chi connectivity index (χ0v) is 16.4. The molecule has 1 heterocycles. The molecule has 0 radical (unpaired) electrons. The van der Waals surface area contributed by atoms with Crippen LogP contribution in [0.5, 0.6) is 0 Å². The molecule has 0 spiro atoms. The summed E-state index contributed by atoms with van der Waals surface area (Å²) in [6, 6.07) is 15.0. The highest BCUT2D eigenvalue weighted by molar-refractivity contribution is 6.42. The maximum Gasteiger partial charge on any atom is 0.222 e. The molecule has 140 valence electrons. The summed E-state index contributed by atoms with van der Waals surface area (Å²) in [5.74, 6) is 0.628. The van der Waals surface area contributed by atoms with Crippen molar-refractivity contribution in [1.29, 1.82) is 0 Å². The Morgan fingerprint density at radius 1 is 1.11 bits per heavy atom. The van der Waals surface area contributed by atoms with E-state index in [1.807, 2.05) is 36.4 Å². The molecular weight excluding hydrogens is 385 g/mol. The first-order valence-corrected chi connectivity index (χ1v) is 9.29. The lowest BCUT2D eigenvalue weighted by atomic mass is 10.2. The van der Waals surface area contributed by atoms with Crippen molar-refractivity contribution in [3.8, 4) is 11.4 Å². The predicted molar refractivity (Wildman–Crippen MR) is 105 cm³/mol. The number of carbonyl (C=O) groups excluding carboxylic acids is 1. The van der Waals surface area contributed by atoms with Crippen molar-refractivity contribution in [2.24, 2.45) is 0 Å². The molecule has 6 nitrogen and oxygen atoms in total. The van der Waals surface area contributed by atoms with Crippen molar-refractivity contribution in [2.75, 3.05) is 7.05 Å². The Kier molecular flexibility index (Phi) is 6.42. The first-order chi connectivity index (χ1) is 13.0. The van der Waals surface area contributed by atoms with Gasteiger partial charge in [0.25, 0.3) is 0 Å². The number of rotatable bonds is 7. The lowest BCUT2D eigenvalue weighted by Crippen LogP contribution is -2.26. The fourth-order valence-electron chi connectivity index (χ4n) is 2.60. The Morgan fingerprint density at radius 2 is 1.89 bits per heavy atom. The molecule has 3 rings (SSSR count). The zero-order chi connectivity index (χ0) is 19.2. The second-order valence-corrected chi connectivity index (χ2v) is 6.99. The topological polar surface area (TPSA) is 63.9 Å². The fourth-order valence-corrected chi connectivity index (χ4v) is 2.92. The van der Waals surface area contributed by atoms with E-state index in [1.165, 1.54) is 4.80 Å². The van der Waals surface area contributed by atoms with Gasteiger partial charge in [-0.05, 0) is 29.3 Å². The smallest absolute Gasteiger partial charge is 0.222 e. The lowest BCUT2D eigenvalue weighted by molar-refractivity contribution is -0.130. The minimum atomic E-state index is 0.0458. The number of aryl methyl sites for hydroxylation is 1. The second-order valence-electron chi connectivity index (χ2n) is 6.18. The molecule has 0 saturated heterocycles. The Labute approximate surface area is 167 Å². The molecule has 0 unspecified atom stereocenters. The molecular formula is C19H19Cl2N5O. The van der Waals surface area contributed by atoms with Crippen molar-refractivity contribution < 1.29 is 4.79 Å². The van der Waals surface area contributed by atoms with Gasteiger partial charge in [-0.2, -0.15) is 4.80 Å². The van der Waals surface area contributed by atoms with Gasteiger partial charge in [0.05, 0.1) is 16.6 Å². The maximum atomic E-state index is 12.3. The van der Waals surface area contributed by atoms with Gasteiger partial charge in [0.2, 0.25) is 11.7 Å². The molecule has 1 aromatic heterocycles. The van der Waals surface area contributed by atoms with Gasteiger partial charge in [0.15, 0.2) is 0 Å². The van der Waals surface area contributed by atoms with Crippen LogP contribution in [-0.4, -0.2) is 38.1 Å². The van der Waals surface area contributed by atoms with Crippen LogP contribution in [0.2, 0.25) is 10.0 Å². The molecule has 0 N–H and O–H groups in total. The van der Waals surface area contributed by atoms with Gasteiger partial charge < -0.3 is 4.90 Å². The van der Waals surface area contributed by atoms with Gasteiger partial charge in [-0.3, -0.25) is 4.79 Å². The highest BCUT2D eigenvalue weighted by Gasteiger charge is 2.11. The van der Waals surface area contributed by atoms with Crippen LogP contribution >= 0.6 is 23.2 Å². The molecule has 8 heteroatoms. The number of nitrogens with zero attached hydrogens (tertiary/aromatic N) is 5. The number of hydrogen-bond acceptors (Lipinski definition) is 4. The molecule has 0 aliphatic heterocycles. The number of benzene rings is 2. The summed E-state index contributed by atoms with van der Waals surface area (Å²) in [7, 11) is 1.77. The van der Waals surface area contributed by atoms with E-state index >= 15 is 0 Å². The molecule has 0 aliphatic rings. The van der Waals surface area contributed by atoms with Crippen LogP contribution in [0.4, 0.5) is 0 Å². The Morgan fingerprint density at radius 3 is 2.63 bits per heavy atom. The van der Waals surface area contributed by atoms with Crippen molar-refractivity contribution in [1.82, 2.24) is 25.1 Å². The van der Waals surface area contributed by atoms with Crippen LogP contribution in [0.15, 0.2) is 48.5 Å². The molecule has 2 aromatic carbocycles. The average molecular weight is 404 g/mol. The summed E-state index contributed by atoms with van der Waals surface area (Å²) in [6.45, 7) is 1.02. The van der Waals surface area contributed by atoms with E-state index < -0.39 is 0 Å². The van der Waals surface area contributed by atoms with Crippen LogP contribution in [0.3, 0.4) is 0 Å². The molecule has 0 atom stereocenters. The third kappa shape index (κ3) is 5.28. The number of hydrogen-bond donors (Lipinski definition) is 0. The third-order valence-corrected chi connectivity index (χ3v) is 4.80. The normalized spacial score (nSPS) is 10.8. The number of amides is 1. The molecule has 27 heavy (non-hydrogen) atoms. The summed E-state index contributed by atoms with van der Waals surface area (Å²) in [6.07, 6.45) is 1.04. The third-order valence-electron chi connectivity index (χ3n) is 4.06. The minimum Gasteiger partial charge on any atom is -0.341 e. The highest BCUT2D eigenvalue weighted by atomic mass is 35.5. The lowest BCUT2D eigenvalue weighted by Gasteiger charge is -2.17. The molecule has 0 bridgehead atoms.